The maximum atomic E-state index is 12.5. The van der Waals surface area contributed by atoms with Gasteiger partial charge in [-0.15, -0.1) is 0 Å². The average Bonchev–Trinajstić information content (AvgIpc) is 3.05. The number of hydrogen-bond donors (Lipinski definition) is 1. The highest BCUT2D eigenvalue weighted by Gasteiger charge is 2.35. The van der Waals surface area contributed by atoms with Gasteiger partial charge in [-0.2, -0.15) is 0 Å². The molecule has 1 fully saturated rings. The number of halogens is 1. The normalized spacial score (nSPS) is 16.9. The minimum absolute atomic E-state index is 0.0504. The predicted octanol–water partition coefficient (Wildman–Crippen LogP) is 3.88. The number of carbonyl (C=O) groups is 2. The van der Waals surface area contributed by atoms with Gasteiger partial charge in [0, 0.05) is 24.5 Å². The largest absolute Gasteiger partial charge is 0.311 e. The third-order valence-corrected chi connectivity index (χ3v) is 4.76. The molecule has 1 N–H and O–H groups in total. The van der Waals surface area contributed by atoms with Gasteiger partial charge in [0.15, 0.2) is 0 Å². The van der Waals surface area contributed by atoms with Crippen LogP contribution in [0, 0.1) is 5.92 Å². The topological polar surface area (TPSA) is 62.3 Å². The summed E-state index contributed by atoms with van der Waals surface area (Å²) in [6, 6.07) is 17.1. The zero-order chi connectivity index (χ0) is 18.1. The summed E-state index contributed by atoms with van der Waals surface area (Å²) in [7, 11) is 0. The molecule has 1 aromatic heterocycles. The Morgan fingerprint density at radius 3 is 2.73 bits per heavy atom. The van der Waals surface area contributed by atoms with E-state index in [4.69, 9.17) is 11.6 Å². The molecule has 0 bridgehead atoms. The van der Waals surface area contributed by atoms with Crippen molar-refractivity contribution in [2.24, 2.45) is 5.92 Å². The van der Waals surface area contributed by atoms with Crippen molar-refractivity contribution >= 4 is 45.7 Å². The SMILES string of the molecule is O=C(Nc1ccc(Cl)cn1)C1CC(=O)N(c2cccc3ccccc23)C1. The van der Waals surface area contributed by atoms with Crippen molar-refractivity contribution in [2.45, 2.75) is 6.42 Å². The van der Waals surface area contributed by atoms with Crippen LogP contribution in [0.5, 0.6) is 0 Å². The Balaban J connectivity index is 1.55. The second-order valence-corrected chi connectivity index (χ2v) is 6.69. The number of nitrogens with zero attached hydrogens (tertiary/aromatic N) is 2. The third kappa shape index (κ3) is 3.13. The number of fused-ring (bicyclic) bond motifs is 1. The first-order valence-corrected chi connectivity index (χ1v) is 8.70. The maximum Gasteiger partial charge on any atom is 0.230 e. The van der Waals surface area contributed by atoms with E-state index in [0.29, 0.717) is 17.4 Å². The Hall–Kier alpha value is -2.92. The number of aromatic nitrogens is 1. The van der Waals surface area contributed by atoms with E-state index >= 15 is 0 Å². The molecule has 0 aliphatic carbocycles. The van der Waals surface area contributed by atoms with Crippen molar-refractivity contribution in [1.82, 2.24) is 4.98 Å². The van der Waals surface area contributed by atoms with Gasteiger partial charge < -0.3 is 10.2 Å². The van der Waals surface area contributed by atoms with Crippen LogP contribution >= 0.6 is 11.6 Å². The summed E-state index contributed by atoms with van der Waals surface area (Å²) in [5.74, 6) is -0.254. The Kier molecular flexibility index (Phi) is 4.31. The lowest BCUT2D eigenvalue weighted by Gasteiger charge is -2.19. The maximum absolute atomic E-state index is 12.5. The number of nitrogens with one attached hydrogen (secondary N) is 1. The summed E-state index contributed by atoms with van der Waals surface area (Å²) < 4.78 is 0. The fourth-order valence-corrected chi connectivity index (χ4v) is 3.35. The van der Waals surface area contributed by atoms with Gasteiger partial charge in [-0.3, -0.25) is 9.59 Å². The molecule has 2 heterocycles. The minimum Gasteiger partial charge on any atom is -0.311 e. The van der Waals surface area contributed by atoms with Crippen LogP contribution in [0.2, 0.25) is 5.02 Å². The molecule has 1 atom stereocenters. The Bertz CT molecular complexity index is 983. The van der Waals surface area contributed by atoms with Crippen LogP contribution in [-0.2, 0) is 9.59 Å². The first-order valence-electron chi connectivity index (χ1n) is 8.32. The lowest BCUT2D eigenvalue weighted by atomic mass is 10.1. The van der Waals surface area contributed by atoms with Gasteiger partial charge in [0.2, 0.25) is 11.8 Å². The minimum atomic E-state index is -0.418. The molecular weight excluding hydrogens is 350 g/mol. The molecule has 1 saturated heterocycles. The Morgan fingerprint density at radius 1 is 1.12 bits per heavy atom. The highest BCUT2D eigenvalue weighted by atomic mass is 35.5. The predicted molar refractivity (Wildman–Crippen MR) is 102 cm³/mol. The van der Waals surface area contributed by atoms with Crippen LogP contribution in [0.15, 0.2) is 60.8 Å². The van der Waals surface area contributed by atoms with Gasteiger partial charge in [-0.05, 0) is 23.6 Å². The van der Waals surface area contributed by atoms with Gasteiger partial charge in [0.25, 0.3) is 0 Å². The molecule has 1 aliphatic heterocycles. The van der Waals surface area contributed by atoms with E-state index in [1.54, 1.807) is 17.0 Å². The molecule has 2 aromatic carbocycles. The highest BCUT2D eigenvalue weighted by Crippen LogP contribution is 2.32. The lowest BCUT2D eigenvalue weighted by Crippen LogP contribution is -2.28. The number of pyridine rings is 1. The number of amides is 2. The first kappa shape index (κ1) is 16.5. The molecule has 0 spiro atoms. The second-order valence-electron chi connectivity index (χ2n) is 6.25. The molecule has 5 nitrogen and oxygen atoms in total. The standard InChI is InChI=1S/C20H16ClN3O2/c21-15-8-9-18(22-11-15)23-20(26)14-10-19(25)24(12-14)17-7-3-5-13-4-1-2-6-16(13)17/h1-9,11,14H,10,12H2,(H,22,23,26). The molecule has 0 radical (unpaired) electrons. The van der Waals surface area contributed by atoms with Gasteiger partial charge in [0.1, 0.15) is 5.82 Å². The van der Waals surface area contributed by atoms with E-state index in [2.05, 4.69) is 10.3 Å². The molecule has 1 aliphatic rings. The van der Waals surface area contributed by atoms with E-state index in [9.17, 15) is 9.59 Å². The van der Waals surface area contributed by atoms with Gasteiger partial charge >= 0.3 is 0 Å². The van der Waals surface area contributed by atoms with Crippen molar-refractivity contribution in [1.29, 1.82) is 0 Å². The summed E-state index contributed by atoms with van der Waals surface area (Å²) >= 11 is 5.80. The van der Waals surface area contributed by atoms with Gasteiger partial charge in [-0.1, -0.05) is 48.0 Å². The first-order chi connectivity index (χ1) is 12.6. The van der Waals surface area contributed by atoms with Crippen LogP contribution in [-0.4, -0.2) is 23.3 Å². The smallest absolute Gasteiger partial charge is 0.230 e. The summed E-state index contributed by atoms with van der Waals surface area (Å²) in [6.45, 7) is 0.353. The van der Waals surface area contributed by atoms with E-state index in [1.165, 1.54) is 6.20 Å². The average molecular weight is 366 g/mol. The summed E-state index contributed by atoms with van der Waals surface area (Å²) in [4.78, 5) is 30.8. The molecular formula is C20H16ClN3O2. The van der Waals surface area contributed by atoms with Gasteiger partial charge in [-0.25, -0.2) is 4.98 Å². The molecule has 0 saturated carbocycles. The molecule has 26 heavy (non-hydrogen) atoms. The van der Waals surface area contributed by atoms with Crippen LogP contribution in [0.1, 0.15) is 6.42 Å². The number of rotatable bonds is 3. The molecule has 130 valence electrons. The molecule has 6 heteroatoms. The van der Waals surface area contributed by atoms with Gasteiger partial charge in [0.05, 0.1) is 16.6 Å². The lowest BCUT2D eigenvalue weighted by molar-refractivity contribution is -0.122. The Labute approximate surface area is 155 Å². The molecule has 4 rings (SSSR count). The fourth-order valence-electron chi connectivity index (χ4n) is 3.24. The van der Waals surface area contributed by atoms with Crippen LogP contribution in [0.4, 0.5) is 11.5 Å². The van der Waals surface area contributed by atoms with Crippen molar-refractivity contribution in [3.05, 3.63) is 65.8 Å². The van der Waals surface area contributed by atoms with E-state index in [0.717, 1.165) is 16.5 Å². The zero-order valence-electron chi connectivity index (χ0n) is 13.9. The monoisotopic (exact) mass is 365 g/mol. The number of carbonyl (C=O) groups excluding carboxylic acids is 2. The van der Waals surface area contributed by atoms with E-state index in [1.807, 2.05) is 42.5 Å². The second kappa shape index (κ2) is 6.77. The van der Waals surface area contributed by atoms with Crippen molar-refractivity contribution in [2.75, 3.05) is 16.8 Å². The molecule has 2 amide bonds. The third-order valence-electron chi connectivity index (χ3n) is 4.53. The molecule has 3 aromatic rings. The zero-order valence-corrected chi connectivity index (χ0v) is 14.6. The molecule has 1 unspecified atom stereocenters. The van der Waals surface area contributed by atoms with Crippen molar-refractivity contribution in [3.8, 4) is 0 Å². The quantitative estimate of drug-likeness (QED) is 0.766. The number of anilines is 2. The summed E-state index contributed by atoms with van der Waals surface area (Å²) in [5.41, 5.74) is 0.841. The van der Waals surface area contributed by atoms with Crippen molar-refractivity contribution in [3.63, 3.8) is 0 Å². The Morgan fingerprint density at radius 2 is 1.92 bits per heavy atom. The van der Waals surface area contributed by atoms with E-state index in [-0.39, 0.29) is 18.2 Å². The fraction of sp³-hybridized carbons (Fsp3) is 0.150. The summed E-state index contributed by atoms with van der Waals surface area (Å²) in [6.07, 6.45) is 1.65. The number of benzene rings is 2. The van der Waals surface area contributed by atoms with E-state index < -0.39 is 5.92 Å². The highest BCUT2D eigenvalue weighted by molar-refractivity contribution is 6.30. The van der Waals surface area contributed by atoms with Crippen LogP contribution in [0.3, 0.4) is 0 Å². The summed E-state index contributed by atoms with van der Waals surface area (Å²) in [5, 5.41) is 5.32. The van der Waals surface area contributed by atoms with Crippen LogP contribution < -0.4 is 10.2 Å². The number of hydrogen-bond acceptors (Lipinski definition) is 3. The van der Waals surface area contributed by atoms with Crippen LogP contribution in [0.25, 0.3) is 10.8 Å². The van der Waals surface area contributed by atoms with Crippen molar-refractivity contribution < 1.29 is 9.59 Å².